The number of benzene rings is 2. The van der Waals surface area contributed by atoms with Crippen molar-refractivity contribution in [2.75, 3.05) is 31.6 Å². The number of anilines is 1. The number of aromatic carboxylic acids is 1. The van der Waals surface area contributed by atoms with Crippen LogP contribution in [0, 0.1) is 0 Å². The highest BCUT2D eigenvalue weighted by Gasteiger charge is 2.27. The first-order chi connectivity index (χ1) is 12.9. The minimum atomic E-state index is -3.73. The van der Waals surface area contributed by atoms with Gasteiger partial charge in [-0.3, -0.25) is 4.79 Å². The molecule has 3 rings (SSSR count). The smallest absolute Gasteiger partial charge is 0.337 e. The van der Waals surface area contributed by atoms with Gasteiger partial charge in [0, 0.05) is 18.7 Å². The van der Waals surface area contributed by atoms with Crippen molar-refractivity contribution in [1.82, 2.24) is 4.31 Å². The van der Waals surface area contributed by atoms with E-state index in [1.54, 1.807) is 12.1 Å². The highest BCUT2D eigenvalue weighted by molar-refractivity contribution is 7.89. The number of rotatable bonds is 5. The molecule has 8 nitrogen and oxygen atoms in total. The molecule has 2 aromatic rings. The Morgan fingerprint density at radius 1 is 1.04 bits per heavy atom. The van der Waals surface area contributed by atoms with Crippen LogP contribution in [0.4, 0.5) is 5.69 Å². The fraction of sp³-hybridized carbons (Fsp3) is 0.222. The summed E-state index contributed by atoms with van der Waals surface area (Å²) in [7, 11) is -3.73. The number of ether oxygens (including phenoxy) is 1. The number of carbonyl (C=O) groups excluding carboxylic acids is 1. The van der Waals surface area contributed by atoms with E-state index in [0.717, 1.165) is 0 Å². The summed E-state index contributed by atoms with van der Waals surface area (Å²) in [5.41, 5.74) is 0.198. The molecule has 0 aromatic heterocycles. The summed E-state index contributed by atoms with van der Waals surface area (Å²) < 4.78 is 31.9. The molecule has 9 heteroatoms. The number of carbonyl (C=O) groups is 2. The van der Waals surface area contributed by atoms with Crippen LogP contribution in [-0.2, 0) is 14.8 Å². The van der Waals surface area contributed by atoms with Crippen molar-refractivity contribution in [3.8, 4) is 0 Å². The average molecular weight is 390 g/mol. The highest BCUT2D eigenvalue weighted by Crippen LogP contribution is 2.20. The van der Waals surface area contributed by atoms with Crippen molar-refractivity contribution in [2.24, 2.45) is 0 Å². The van der Waals surface area contributed by atoms with Gasteiger partial charge in [0.1, 0.15) is 0 Å². The molecular formula is C18H18N2O6S. The monoisotopic (exact) mass is 390 g/mol. The summed E-state index contributed by atoms with van der Waals surface area (Å²) in [6.07, 6.45) is 0. The number of carboxylic acids is 1. The predicted octanol–water partition coefficient (Wildman–Crippen LogP) is 1.66. The van der Waals surface area contributed by atoms with Crippen LogP contribution >= 0.6 is 0 Å². The Morgan fingerprint density at radius 2 is 1.74 bits per heavy atom. The van der Waals surface area contributed by atoms with E-state index in [2.05, 4.69) is 5.32 Å². The van der Waals surface area contributed by atoms with E-state index in [4.69, 9.17) is 4.74 Å². The van der Waals surface area contributed by atoms with Gasteiger partial charge in [0.05, 0.1) is 29.4 Å². The molecule has 1 saturated heterocycles. The molecule has 0 radical (unpaired) electrons. The molecule has 2 N–H and O–H groups in total. The maximum atomic E-state index is 12.7. The van der Waals surface area contributed by atoms with Gasteiger partial charge >= 0.3 is 5.97 Å². The minimum Gasteiger partial charge on any atom is -0.478 e. The minimum absolute atomic E-state index is 0.00331. The Balaban J connectivity index is 1.85. The highest BCUT2D eigenvalue weighted by atomic mass is 32.2. The first kappa shape index (κ1) is 19.0. The molecule has 27 heavy (non-hydrogen) atoms. The number of carboxylic acid groups (broad SMARTS) is 1. The van der Waals surface area contributed by atoms with Gasteiger partial charge in [-0.1, -0.05) is 18.2 Å². The summed E-state index contributed by atoms with van der Waals surface area (Å²) in [5, 5.41) is 11.7. The lowest BCUT2D eigenvalue weighted by molar-refractivity contribution is 0.0698. The number of hydrogen-bond donors (Lipinski definition) is 2. The lowest BCUT2D eigenvalue weighted by atomic mass is 10.1. The molecule has 1 heterocycles. The molecule has 1 aliphatic heterocycles. The molecule has 0 spiro atoms. The number of sulfonamides is 1. The van der Waals surface area contributed by atoms with E-state index in [9.17, 15) is 23.1 Å². The van der Waals surface area contributed by atoms with Crippen molar-refractivity contribution in [2.45, 2.75) is 4.90 Å². The molecule has 1 amide bonds. The summed E-state index contributed by atoms with van der Waals surface area (Å²) in [5.74, 6) is -1.77. The number of hydrogen-bond acceptors (Lipinski definition) is 5. The van der Waals surface area contributed by atoms with Gasteiger partial charge in [-0.15, -0.1) is 0 Å². The summed E-state index contributed by atoms with van der Waals surface area (Å²) in [6, 6.07) is 11.6. The molecule has 0 saturated carbocycles. The van der Waals surface area contributed by atoms with Crippen LogP contribution in [0.15, 0.2) is 53.4 Å². The van der Waals surface area contributed by atoms with Crippen molar-refractivity contribution in [3.05, 3.63) is 59.7 Å². The molecule has 0 atom stereocenters. The fourth-order valence-electron chi connectivity index (χ4n) is 2.71. The van der Waals surface area contributed by atoms with E-state index in [1.807, 2.05) is 0 Å². The second-order valence-electron chi connectivity index (χ2n) is 5.85. The topological polar surface area (TPSA) is 113 Å². The molecule has 0 bridgehead atoms. The van der Waals surface area contributed by atoms with Gasteiger partial charge in [0.15, 0.2) is 0 Å². The first-order valence-corrected chi connectivity index (χ1v) is 9.65. The second kappa shape index (κ2) is 7.87. The number of amides is 1. The maximum Gasteiger partial charge on any atom is 0.337 e. The number of para-hydroxylation sites is 1. The van der Waals surface area contributed by atoms with Crippen LogP contribution in [0.1, 0.15) is 20.7 Å². The van der Waals surface area contributed by atoms with Crippen molar-refractivity contribution in [3.63, 3.8) is 0 Å². The summed E-state index contributed by atoms with van der Waals surface area (Å²) >= 11 is 0. The van der Waals surface area contributed by atoms with Gasteiger partial charge in [0.2, 0.25) is 10.0 Å². The fourth-order valence-corrected chi connectivity index (χ4v) is 4.16. The largest absolute Gasteiger partial charge is 0.478 e. The zero-order chi connectivity index (χ0) is 19.4. The lowest BCUT2D eigenvalue weighted by Crippen LogP contribution is -2.40. The Kier molecular flexibility index (Phi) is 5.54. The molecular weight excluding hydrogens is 372 g/mol. The van der Waals surface area contributed by atoms with Gasteiger partial charge in [-0.2, -0.15) is 4.31 Å². The molecule has 0 aliphatic carbocycles. The van der Waals surface area contributed by atoms with Gasteiger partial charge < -0.3 is 15.2 Å². The standard InChI is InChI=1S/C18H18N2O6S/c21-17(19-16-7-2-1-6-15(16)18(22)23)13-4-3-5-14(12-13)27(24,25)20-8-10-26-11-9-20/h1-7,12H,8-11H2,(H,19,21)(H,22,23). The molecule has 1 aliphatic rings. The third-order valence-electron chi connectivity index (χ3n) is 4.11. The summed E-state index contributed by atoms with van der Waals surface area (Å²) in [4.78, 5) is 23.8. The van der Waals surface area contributed by atoms with Crippen LogP contribution < -0.4 is 5.32 Å². The Morgan fingerprint density at radius 3 is 2.44 bits per heavy atom. The Hall–Kier alpha value is -2.75. The van der Waals surface area contributed by atoms with Crippen LogP contribution in [-0.4, -0.2) is 56.0 Å². The predicted molar refractivity (Wildman–Crippen MR) is 97.4 cm³/mol. The zero-order valence-electron chi connectivity index (χ0n) is 14.3. The van der Waals surface area contributed by atoms with E-state index >= 15 is 0 Å². The van der Waals surface area contributed by atoms with Crippen LogP contribution in [0.3, 0.4) is 0 Å². The third kappa shape index (κ3) is 4.16. The van der Waals surface area contributed by atoms with Gasteiger partial charge in [-0.25, -0.2) is 13.2 Å². The number of nitrogens with one attached hydrogen (secondary N) is 1. The van der Waals surface area contributed by atoms with Crippen molar-refractivity contribution in [1.29, 1.82) is 0 Å². The normalized spacial score (nSPS) is 15.3. The lowest BCUT2D eigenvalue weighted by Gasteiger charge is -2.26. The molecule has 142 valence electrons. The molecule has 0 unspecified atom stereocenters. The zero-order valence-corrected chi connectivity index (χ0v) is 15.1. The van der Waals surface area contributed by atoms with E-state index in [1.165, 1.54) is 40.7 Å². The Bertz CT molecular complexity index is 967. The van der Waals surface area contributed by atoms with Gasteiger partial charge in [-0.05, 0) is 30.3 Å². The maximum absolute atomic E-state index is 12.7. The summed E-state index contributed by atoms with van der Waals surface area (Å²) in [6.45, 7) is 1.16. The van der Waals surface area contributed by atoms with Crippen LogP contribution in [0.2, 0.25) is 0 Å². The molecule has 2 aromatic carbocycles. The Labute approximate surface area is 156 Å². The second-order valence-corrected chi connectivity index (χ2v) is 7.79. The average Bonchev–Trinajstić information content (AvgIpc) is 2.69. The van der Waals surface area contributed by atoms with E-state index in [0.29, 0.717) is 13.2 Å². The molecule has 1 fully saturated rings. The first-order valence-electron chi connectivity index (χ1n) is 8.21. The quantitative estimate of drug-likeness (QED) is 0.803. The van der Waals surface area contributed by atoms with Crippen LogP contribution in [0.5, 0.6) is 0 Å². The van der Waals surface area contributed by atoms with E-state index in [-0.39, 0.29) is 34.8 Å². The third-order valence-corrected chi connectivity index (χ3v) is 6.00. The van der Waals surface area contributed by atoms with Crippen LogP contribution in [0.25, 0.3) is 0 Å². The number of morpholine rings is 1. The number of nitrogens with zero attached hydrogens (tertiary/aromatic N) is 1. The van der Waals surface area contributed by atoms with Crippen molar-refractivity contribution >= 4 is 27.6 Å². The van der Waals surface area contributed by atoms with Crippen molar-refractivity contribution < 1.29 is 27.9 Å². The SMILES string of the molecule is O=C(Nc1ccccc1C(=O)O)c1cccc(S(=O)(=O)N2CCOCC2)c1. The van der Waals surface area contributed by atoms with Gasteiger partial charge in [0.25, 0.3) is 5.91 Å². The van der Waals surface area contributed by atoms with E-state index < -0.39 is 21.9 Å².